The Morgan fingerprint density at radius 3 is 2.68 bits per heavy atom. The lowest BCUT2D eigenvalue weighted by molar-refractivity contribution is 0.171. The minimum Gasteiger partial charge on any atom is -0.338 e. The molecule has 0 radical (unpaired) electrons. The Kier molecular flexibility index (Phi) is 6.75. The van der Waals surface area contributed by atoms with Gasteiger partial charge >= 0.3 is 0 Å². The smallest absolute Gasteiger partial charge is 0.240 e. The van der Waals surface area contributed by atoms with E-state index in [2.05, 4.69) is 41.3 Å². The van der Waals surface area contributed by atoms with Crippen molar-refractivity contribution in [2.24, 2.45) is 5.92 Å². The summed E-state index contributed by atoms with van der Waals surface area (Å²) in [7, 11) is 2.14. The van der Waals surface area contributed by atoms with Crippen molar-refractivity contribution in [3.05, 3.63) is 11.7 Å². The van der Waals surface area contributed by atoms with Crippen LogP contribution in [0.3, 0.4) is 0 Å². The van der Waals surface area contributed by atoms with Gasteiger partial charge in [0.15, 0.2) is 5.82 Å². The SMILES string of the molecule is CC(C)Cc1noc(CN(C)C2CCNCC2)n1.Cl. The molecule has 6 heteroatoms. The number of rotatable bonds is 5. The lowest BCUT2D eigenvalue weighted by Crippen LogP contribution is -2.40. The number of aromatic nitrogens is 2. The molecule has 19 heavy (non-hydrogen) atoms. The topological polar surface area (TPSA) is 54.2 Å². The van der Waals surface area contributed by atoms with Crippen LogP contribution in [0.15, 0.2) is 4.52 Å². The van der Waals surface area contributed by atoms with Crippen LogP contribution in [0.25, 0.3) is 0 Å². The molecule has 1 fully saturated rings. The molecule has 1 saturated heterocycles. The van der Waals surface area contributed by atoms with E-state index in [0.29, 0.717) is 12.0 Å². The third kappa shape index (κ3) is 5.09. The van der Waals surface area contributed by atoms with E-state index < -0.39 is 0 Å². The second kappa shape index (κ2) is 7.82. The van der Waals surface area contributed by atoms with Gasteiger partial charge in [0.1, 0.15) is 0 Å². The maximum Gasteiger partial charge on any atom is 0.240 e. The summed E-state index contributed by atoms with van der Waals surface area (Å²) >= 11 is 0. The van der Waals surface area contributed by atoms with Crippen molar-refractivity contribution in [1.82, 2.24) is 20.4 Å². The maximum atomic E-state index is 5.31. The second-order valence-corrected chi connectivity index (χ2v) is 5.60. The molecule has 1 N–H and O–H groups in total. The first kappa shape index (κ1) is 16.4. The molecule has 0 amide bonds. The first-order valence-electron chi connectivity index (χ1n) is 6.87. The standard InChI is InChI=1S/C13H24N4O.ClH/c1-10(2)8-12-15-13(18-16-12)9-17(3)11-4-6-14-7-5-11;/h10-11,14H,4-9H2,1-3H3;1H. The highest BCUT2D eigenvalue weighted by atomic mass is 35.5. The lowest BCUT2D eigenvalue weighted by atomic mass is 10.1. The number of halogens is 1. The zero-order chi connectivity index (χ0) is 13.0. The summed E-state index contributed by atoms with van der Waals surface area (Å²) in [5, 5.41) is 7.41. The van der Waals surface area contributed by atoms with Crippen LogP contribution in [-0.4, -0.2) is 41.2 Å². The maximum absolute atomic E-state index is 5.31. The Morgan fingerprint density at radius 2 is 2.05 bits per heavy atom. The Morgan fingerprint density at radius 1 is 1.37 bits per heavy atom. The van der Waals surface area contributed by atoms with Gasteiger partial charge in [0.05, 0.1) is 6.54 Å². The molecule has 0 saturated carbocycles. The van der Waals surface area contributed by atoms with Crippen LogP contribution in [-0.2, 0) is 13.0 Å². The first-order valence-corrected chi connectivity index (χ1v) is 6.87. The van der Waals surface area contributed by atoms with Gasteiger partial charge in [-0.15, -0.1) is 12.4 Å². The number of nitrogens with zero attached hydrogens (tertiary/aromatic N) is 3. The highest BCUT2D eigenvalue weighted by molar-refractivity contribution is 5.85. The molecule has 0 unspecified atom stereocenters. The quantitative estimate of drug-likeness (QED) is 0.896. The van der Waals surface area contributed by atoms with Gasteiger partial charge in [0.2, 0.25) is 5.89 Å². The molecule has 2 rings (SSSR count). The fourth-order valence-corrected chi connectivity index (χ4v) is 2.39. The van der Waals surface area contributed by atoms with E-state index >= 15 is 0 Å². The van der Waals surface area contributed by atoms with Crippen LogP contribution in [0, 0.1) is 5.92 Å². The first-order chi connectivity index (χ1) is 8.65. The molecule has 1 aromatic heterocycles. The van der Waals surface area contributed by atoms with Crippen molar-refractivity contribution in [3.8, 4) is 0 Å². The molecule has 1 aliphatic rings. The van der Waals surface area contributed by atoms with Crippen molar-refractivity contribution in [1.29, 1.82) is 0 Å². The van der Waals surface area contributed by atoms with Crippen LogP contribution in [0.2, 0.25) is 0 Å². The molecule has 2 heterocycles. The monoisotopic (exact) mass is 288 g/mol. The Labute approximate surface area is 121 Å². The van der Waals surface area contributed by atoms with Gasteiger partial charge in [-0.1, -0.05) is 19.0 Å². The molecule has 110 valence electrons. The van der Waals surface area contributed by atoms with Crippen molar-refractivity contribution in [2.75, 3.05) is 20.1 Å². The number of nitrogens with one attached hydrogen (secondary N) is 1. The summed E-state index contributed by atoms with van der Waals surface area (Å²) in [6.07, 6.45) is 3.29. The molecule has 1 aliphatic heterocycles. The highest BCUT2D eigenvalue weighted by Gasteiger charge is 2.19. The van der Waals surface area contributed by atoms with Gasteiger partial charge in [-0.2, -0.15) is 4.98 Å². The third-order valence-corrected chi connectivity index (χ3v) is 3.42. The second-order valence-electron chi connectivity index (χ2n) is 5.60. The highest BCUT2D eigenvalue weighted by Crippen LogP contribution is 2.13. The molecule has 1 aromatic rings. The van der Waals surface area contributed by atoms with E-state index in [0.717, 1.165) is 37.8 Å². The van der Waals surface area contributed by atoms with E-state index in [1.807, 2.05) is 0 Å². The summed E-state index contributed by atoms with van der Waals surface area (Å²) in [6.45, 7) is 7.30. The Bertz CT molecular complexity index is 363. The predicted molar refractivity (Wildman–Crippen MR) is 77.4 cm³/mol. The van der Waals surface area contributed by atoms with Gasteiger partial charge in [0.25, 0.3) is 0 Å². The molecular formula is C13H25ClN4O. The van der Waals surface area contributed by atoms with Crippen molar-refractivity contribution in [2.45, 2.75) is 45.7 Å². The summed E-state index contributed by atoms with van der Waals surface area (Å²) in [4.78, 5) is 6.78. The Balaban J connectivity index is 0.00000180. The molecule has 0 aromatic carbocycles. The summed E-state index contributed by atoms with van der Waals surface area (Å²) in [5.74, 6) is 2.14. The average Bonchev–Trinajstić information content (AvgIpc) is 2.76. The minimum absolute atomic E-state index is 0. The van der Waals surface area contributed by atoms with E-state index in [1.54, 1.807) is 0 Å². The fourth-order valence-electron chi connectivity index (χ4n) is 2.39. The number of piperidine rings is 1. The van der Waals surface area contributed by atoms with E-state index in [1.165, 1.54) is 12.8 Å². The molecule has 0 bridgehead atoms. The number of hydrogen-bond donors (Lipinski definition) is 1. The van der Waals surface area contributed by atoms with Gasteiger partial charge in [-0.3, -0.25) is 4.90 Å². The van der Waals surface area contributed by atoms with Gasteiger partial charge in [-0.25, -0.2) is 0 Å². The minimum atomic E-state index is 0. The summed E-state index contributed by atoms with van der Waals surface area (Å²) in [6, 6.07) is 0.631. The zero-order valence-electron chi connectivity index (χ0n) is 12.1. The third-order valence-electron chi connectivity index (χ3n) is 3.42. The van der Waals surface area contributed by atoms with Crippen molar-refractivity contribution in [3.63, 3.8) is 0 Å². The van der Waals surface area contributed by atoms with Crippen LogP contribution in [0.1, 0.15) is 38.4 Å². The van der Waals surface area contributed by atoms with E-state index in [4.69, 9.17) is 4.52 Å². The van der Waals surface area contributed by atoms with Gasteiger partial charge in [-0.05, 0) is 38.9 Å². The molecule has 0 aliphatic carbocycles. The molecule has 0 spiro atoms. The van der Waals surface area contributed by atoms with Crippen LogP contribution in [0.5, 0.6) is 0 Å². The largest absolute Gasteiger partial charge is 0.338 e. The molecule has 0 atom stereocenters. The van der Waals surface area contributed by atoms with Crippen LogP contribution in [0.4, 0.5) is 0 Å². The number of hydrogen-bond acceptors (Lipinski definition) is 5. The average molecular weight is 289 g/mol. The van der Waals surface area contributed by atoms with Gasteiger partial charge in [0, 0.05) is 12.5 Å². The van der Waals surface area contributed by atoms with E-state index in [-0.39, 0.29) is 12.4 Å². The summed E-state index contributed by atoms with van der Waals surface area (Å²) in [5.41, 5.74) is 0. The zero-order valence-corrected chi connectivity index (χ0v) is 12.9. The summed E-state index contributed by atoms with van der Waals surface area (Å²) < 4.78 is 5.31. The predicted octanol–water partition coefficient (Wildman–Crippen LogP) is 1.87. The van der Waals surface area contributed by atoms with Crippen LogP contribution >= 0.6 is 12.4 Å². The lowest BCUT2D eigenvalue weighted by Gasteiger charge is -2.30. The Hall–Kier alpha value is -0.650. The van der Waals surface area contributed by atoms with Crippen molar-refractivity contribution >= 4 is 12.4 Å². The fraction of sp³-hybridized carbons (Fsp3) is 0.846. The molecular weight excluding hydrogens is 264 g/mol. The normalized spacial score (nSPS) is 16.9. The van der Waals surface area contributed by atoms with Crippen LogP contribution < -0.4 is 5.32 Å². The van der Waals surface area contributed by atoms with E-state index in [9.17, 15) is 0 Å². The van der Waals surface area contributed by atoms with Gasteiger partial charge < -0.3 is 9.84 Å². The molecule has 5 nitrogen and oxygen atoms in total. The van der Waals surface area contributed by atoms with Crippen molar-refractivity contribution < 1.29 is 4.52 Å².